The monoisotopic (exact) mass is 274 g/mol. The lowest BCUT2D eigenvalue weighted by Crippen LogP contribution is -1.96. The van der Waals surface area contributed by atoms with Crippen molar-refractivity contribution < 1.29 is 4.74 Å². The Kier molecular flexibility index (Phi) is 4.86. The smallest absolute Gasteiger partial charge is 0.120 e. The van der Waals surface area contributed by atoms with Crippen molar-refractivity contribution in [3.8, 4) is 5.75 Å². The van der Waals surface area contributed by atoms with Gasteiger partial charge in [0.25, 0.3) is 0 Å². The summed E-state index contributed by atoms with van der Waals surface area (Å²) in [5.41, 5.74) is 3.61. The second-order valence-electron chi connectivity index (χ2n) is 4.97. The van der Waals surface area contributed by atoms with Gasteiger partial charge in [-0.05, 0) is 34.7 Å². The largest absolute Gasteiger partial charge is 0.489 e. The zero-order valence-electron chi connectivity index (χ0n) is 11.4. The van der Waals surface area contributed by atoms with Gasteiger partial charge in [-0.3, -0.25) is 0 Å². The molecular formula is C17H19ClO. The van der Waals surface area contributed by atoms with Gasteiger partial charge in [0.2, 0.25) is 0 Å². The van der Waals surface area contributed by atoms with Gasteiger partial charge >= 0.3 is 0 Å². The van der Waals surface area contributed by atoms with E-state index in [9.17, 15) is 0 Å². The van der Waals surface area contributed by atoms with E-state index < -0.39 is 0 Å². The Morgan fingerprint density at radius 3 is 2.37 bits per heavy atom. The number of hydrogen-bond donors (Lipinski definition) is 0. The van der Waals surface area contributed by atoms with Crippen molar-refractivity contribution in [1.29, 1.82) is 0 Å². The van der Waals surface area contributed by atoms with Gasteiger partial charge in [0, 0.05) is 5.88 Å². The van der Waals surface area contributed by atoms with Crippen molar-refractivity contribution in [1.82, 2.24) is 0 Å². The highest BCUT2D eigenvalue weighted by molar-refractivity contribution is 6.17. The topological polar surface area (TPSA) is 9.23 Å². The van der Waals surface area contributed by atoms with Crippen molar-refractivity contribution in [3.63, 3.8) is 0 Å². The molecule has 100 valence electrons. The molecule has 0 unspecified atom stereocenters. The van der Waals surface area contributed by atoms with Crippen LogP contribution in [0.1, 0.15) is 36.5 Å². The van der Waals surface area contributed by atoms with Crippen LogP contribution in [0.3, 0.4) is 0 Å². The van der Waals surface area contributed by atoms with Crippen LogP contribution in [0.2, 0.25) is 0 Å². The first-order valence-corrected chi connectivity index (χ1v) is 7.09. The maximum Gasteiger partial charge on any atom is 0.120 e. The molecule has 0 saturated heterocycles. The lowest BCUT2D eigenvalue weighted by molar-refractivity contribution is 0.306. The van der Waals surface area contributed by atoms with Crippen molar-refractivity contribution in [2.45, 2.75) is 32.3 Å². The van der Waals surface area contributed by atoms with E-state index in [4.69, 9.17) is 16.3 Å². The quantitative estimate of drug-likeness (QED) is 0.687. The summed E-state index contributed by atoms with van der Waals surface area (Å²) in [7, 11) is 0. The fourth-order valence-electron chi connectivity index (χ4n) is 1.88. The van der Waals surface area contributed by atoms with E-state index in [1.807, 2.05) is 24.3 Å². The average molecular weight is 275 g/mol. The molecule has 0 aliphatic carbocycles. The zero-order valence-corrected chi connectivity index (χ0v) is 12.2. The van der Waals surface area contributed by atoms with E-state index in [1.165, 1.54) is 11.1 Å². The summed E-state index contributed by atoms with van der Waals surface area (Å²) in [5.74, 6) is 1.95. The molecule has 19 heavy (non-hydrogen) atoms. The molecule has 0 aliphatic heterocycles. The van der Waals surface area contributed by atoms with Gasteiger partial charge in [-0.25, -0.2) is 0 Å². The van der Waals surface area contributed by atoms with Crippen LogP contribution in [0.25, 0.3) is 0 Å². The van der Waals surface area contributed by atoms with Gasteiger partial charge in [-0.2, -0.15) is 0 Å². The first-order chi connectivity index (χ1) is 9.19. The van der Waals surface area contributed by atoms with E-state index in [0.717, 1.165) is 11.3 Å². The molecule has 0 fully saturated rings. The third kappa shape index (κ3) is 4.00. The lowest BCUT2D eigenvalue weighted by Gasteiger charge is -2.09. The van der Waals surface area contributed by atoms with Gasteiger partial charge in [-0.1, -0.05) is 50.2 Å². The van der Waals surface area contributed by atoms with Crippen molar-refractivity contribution in [3.05, 3.63) is 65.2 Å². The first-order valence-electron chi connectivity index (χ1n) is 6.55. The van der Waals surface area contributed by atoms with Crippen LogP contribution in [-0.2, 0) is 12.5 Å². The SMILES string of the molecule is CC(C)c1ccc(COc2cccc(CCl)c2)cc1. The molecule has 1 nitrogen and oxygen atoms in total. The van der Waals surface area contributed by atoms with E-state index >= 15 is 0 Å². The minimum Gasteiger partial charge on any atom is -0.489 e. The molecule has 0 atom stereocenters. The van der Waals surface area contributed by atoms with E-state index in [2.05, 4.69) is 38.1 Å². The van der Waals surface area contributed by atoms with E-state index in [0.29, 0.717) is 18.4 Å². The van der Waals surface area contributed by atoms with Crippen LogP contribution in [0.5, 0.6) is 5.75 Å². The Labute approximate surface area is 120 Å². The summed E-state index contributed by atoms with van der Waals surface area (Å²) in [5, 5.41) is 0. The Morgan fingerprint density at radius 1 is 1.00 bits per heavy atom. The minimum absolute atomic E-state index is 0.514. The molecule has 0 aliphatic rings. The van der Waals surface area contributed by atoms with Crippen LogP contribution >= 0.6 is 11.6 Å². The molecule has 0 spiro atoms. The van der Waals surface area contributed by atoms with Crippen molar-refractivity contribution >= 4 is 11.6 Å². The van der Waals surface area contributed by atoms with Crippen LogP contribution in [0.4, 0.5) is 0 Å². The Hall–Kier alpha value is -1.47. The molecule has 0 radical (unpaired) electrons. The molecule has 2 heteroatoms. The number of benzene rings is 2. The van der Waals surface area contributed by atoms with Gasteiger partial charge in [0.1, 0.15) is 12.4 Å². The number of hydrogen-bond acceptors (Lipinski definition) is 1. The molecule has 0 amide bonds. The minimum atomic E-state index is 0.514. The maximum absolute atomic E-state index is 5.81. The molecule has 0 bridgehead atoms. The fourth-order valence-corrected chi connectivity index (χ4v) is 2.05. The Morgan fingerprint density at radius 2 is 1.74 bits per heavy atom. The van der Waals surface area contributed by atoms with Gasteiger partial charge in [0.15, 0.2) is 0 Å². The summed E-state index contributed by atoms with van der Waals surface area (Å²) in [6.07, 6.45) is 0. The summed E-state index contributed by atoms with van der Waals surface area (Å²) in [4.78, 5) is 0. The zero-order chi connectivity index (χ0) is 13.7. The summed E-state index contributed by atoms with van der Waals surface area (Å²) < 4.78 is 5.78. The van der Waals surface area contributed by atoms with Gasteiger partial charge in [0.05, 0.1) is 0 Å². The third-order valence-corrected chi connectivity index (χ3v) is 3.41. The second-order valence-corrected chi connectivity index (χ2v) is 5.23. The molecule has 2 rings (SSSR count). The molecule has 0 aromatic heterocycles. The fraction of sp³-hybridized carbons (Fsp3) is 0.294. The maximum atomic E-state index is 5.81. The number of ether oxygens (including phenoxy) is 1. The molecule has 2 aromatic rings. The molecule has 0 N–H and O–H groups in total. The van der Waals surface area contributed by atoms with Crippen LogP contribution < -0.4 is 4.74 Å². The van der Waals surface area contributed by atoms with E-state index in [-0.39, 0.29) is 0 Å². The van der Waals surface area contributed by atoms with Crippen molar-refractivity contribution in [2.24, 2.45) is 0 Å². The predicted molar refractivity (Wildman–Crippen MR) is 80.9 cm³/mol. The molecule has 2 aromatic carbocycles. The van der Waals surface area contributed by atoms with Gasteiger partial charge in [-0.15, -0.1) is 11.6 Å². The summed E-state index contributed by atoms with van der Waals surface area (Å²) >= 11 is 5.81. The van der Waals surface area contributed by atoms with Gasteiger partial charge < -0.3 is 4.74 Å². The Balaban J connectivity index is 1.98. The third-order valence-electron chi connectivity index (χ3n) is 3.10. The average Bonchev–Trinajstić information content (AvgIpc) is 2.46. The van der Waals surface area contributed by atoms with E-state index in [1.54, 1.807) is 0 Å². The summed E-state index contributed by atoms with van der Waals surface area (Å²) in [6.45, 7) is 4.98. The highest BCUT2D eigenvalue weighted by atomic mass is 35.5. The highest BCUT2D eigenvalue weighted by Gasteiger charge is 2.00. The van der Waals surface area contributed by atoms with Crippen LogP contribution in [0, 0.1) is 0 Å². The lowest BCUT2D eigenvalue weighted by atomic mass is 10.0. The van der Waals surface area contributed by atoms with Crippen LogP contribution in [-0.4, -0.2) is 0 Å². The first kappa shape index (κ1) is 14.0. The number of rotatable bonds is 5. The summed E-state index contributed by atoms with van der Waals surface area (Å²) in [6, 6.07) is 16.5. The molecule has 0 saturated carbocycles. The van der Waals surface area contributed by atoms with Crippen molar-refractivity contribution in [2.75, 3.05) is 0 Å². The van der Waals surface area contributed by atoms with Crippen LogP contribution in [0.15, 0.2) is 48.5 Å². The molecule has 0 heterocycles. The number of alkyl halides is 1. The number of halogens is 1. The predicted octanol–water partition coefficient (Wildman–Crippen LogP) is 5.13. The normalized spacial score (nSPS) is 10.7. The molecular weight excluding hydrogens is 256 g/mol. The standard InChI is InChI=1S/C17H19ClO/c1-13(2)16-8-6-14(7-9-16)12-19-17-5-3-4-15(10-17)11-18/h3-10,13H,11-12H2,1-2H3. The Bertz CT molecular complexity index is 517. The second kappa shape index (κ2) is 6.63. The highest BCUT2D eigenvalue weighted by Crippen LogP contribution is 2.18.